The highest BCUT2D eigenvalue weighted by Crippen LogP contribution is 2.20. The molecule has 0 saturated heterocycles. The van der Waals surface area contributed by atoms with E-state index in [4.69, 9.17) is 4.74 Å². The van der Waals surface area contributed by atoms with E-state index < -0.39 is 10.0 Å². The molecule has 0 spiro atoms. The number of carbonyl (C=O) groups excluding carboxylic acids is 1. The van der Waals surface area contributed by atoms with Crippen molar-refractivity contribution in [2.75, 3.05) is 11.3 Å². The highest BCUT2D eigenvalue weighted by molar-refractivity contribution is 7.92. The molecule has 0 aliphatic carbocycles. The molecule has 8 heteroatoms. The third kappa shape index (κ3) is 5.84. The number of hydrogen-bond acceptors (Lipinski definition) is 5. The van der Waals surface area contributed by atoms with Crippen molar-refractivity contribution >= 4 is 33.0 Å². The molecule has 0 saturated carbocycles. The van der Waals surface area contributed by atoms with E-state index in [9.17, 15) is 13.2 Å². The quantitative estimate of drug-likeness (QED) is 0.515. The second kappa shape index (κ2) is 9.77. The van der Waals surface area contributed by atoms with Gasteiger partial charge in [-0.2, -0.15) is 11.3 Å². The van der Waals surface area contributed by atoms with Gasteiger partial charge in [-0.25, -0.2) is 8.42 Å². The van der Waals surface area contributed by atoms with E-state index in [2.05, 4.69) is 10.0 Å². The first-order chi connectivity index (χ1) is 14.4. The summed E-state index contributed by atoms with van der Waals surface area (Å²) in [5, 5.41) is 6.96. The first-order valence-corrected chi connectivity index (χ1v) is 12.0. The van der Waals surface area contributed by atoms with Gasteiger partial charge in [0.05, 0.1) is 11.5 Å². The number of hydrogen-bond donors (Lipinski definition) is 2. The van der Waals surface area contributed by atoms with Gasteiger partial charge in [0.2, 0.25) is 0 Å². The number of ether oxygens (including phenoxy) is 1. The van der Waals surface area contributed by atoms with E-state index in [-0.39, 0.29) is 16.8 Å². The smallest absolute Gasteiger partial charge is 0.261 e. The molecule has 1 aromatic heterocycles. The minimum absolute atomic E-state index is 0.0227. The largest absolute Gasteiger partial charge is 0.494 e. The van der Waals surface area contributed by atoms with Crippen LogP contribution in [0, 0.1) is 0 Å². The summed E-state index contributed by atoms with van der Waals surface area (Å²) < 4.78 is 33.4. The maximum Gasteiger partial charge on any atom is 0.261 e. The molecule has 1 heterocycles. The van der Waals surface area contributed by atoms with Gasteiger partial charge in [0.25, 0.3) is 15.9 Å². The van der Waals surface area contributed by atoms with Crippen LogP contribution < -0.4 is 14.8 Å². The summed E-state index contributed by atoms with van der Waals surface area (Å²) in [5.41, 5.74) is 1.86. The zero-order chi connectivity index (χ0) is 21.6. The third-order valence-corrected chi connectivity index (χ3v) is 6.43. The Morgan fingerprint density at radius 2 is 1.90 bits per heavy atom. The fraction of sp³-hybridized carbons (Fsp3) is 0.227. The average Bonchev–Trinajstić information content (AvgIpc) is 3.22. The highest BCUT2D eigenvalue weighted by Gasteiger charge is 2.17. The topological polar surface area (TPSA) is 84.5 Å². The van der Waals surface area contributed by atoms with Crippen LogP contribution in [0.1, 0.15) is 29.8 Å². The number of sulfonamides is 1. The molecule has 158 valence electrons. The highest BCUT2D eigenvalue weighted by atomic mass is 32.2. The lowest BCUT2D eigenvalue weighted by molar-refractivity contribution is 0.0940. The summed E-state index contributed by atoms with van der Waals surface area (Å²) in [5.74, 6) is 0.353. The number of amides is 1. The van der Waals surface area contributed by atoms with Crippen molar-refractivity contribution in [1.82, 2.24) is 5.32 Å². The Bertz CT molecular complexity index is 1080. The van der Waals surface area contributed by atoms with Gasteiger partial charge in [-0.3, -0.25) is 9.52 Å². The zero-order valence-electron chi connectivity index (χ0n) is 16.8. The van der Waals surface area contributed by atoms with Gasteiger partial charge in [-0.1, -0.05) is 6.07 Å². The fourth-order valence-corrected chi connectivity index (χ4v) is 4.71. The normalized spacial score (nSPS) is 12.2. The van der Waals surface area contributed by atoms with Crippen molar-refractivity contribution in [2.45, 2.75) is 31.2 Å². The van der Waals surface area contributed by atoms with Crippen LogP contribution in [0.5, 0.6) is 5.75 Å². The molecule has 3 aromatic rings. The lowest BCUT2D eigenvalue weighted by Crippen LogP contribution is -2.34. The summed E-state index contributed by atoms with van der Waals surface area (Å²) in [7, 11) is -3.83. The van der Waals surface area contributed by atoms with Gasteiger partial charge >= 0.3 is 0 Å². The molecule has 0 aliphatic rings. The molecule has 30 heavy (non-hydrogen) atoms. The molecule has 0 fully saturated rings. The van der Waals surface area contributed by atoms with Crippen LogP contribution in [0.25, 0.3) is 0 Å². The number of rotatable bonds is 9. The molecule has 3 rings (SSSR count). The van der Waals surface area contributed by atoms with E-state index in [1.807, 2.05) is 30.7 Å². The molecule has 0 aliphatic heterocycles. The molecule has 2 N–H and O–H groups in total. The molecule has 0 bridgehead atoms. The van der Waals surface area contributed by atoms with Crippen molar-refractivity contribution in [3.05, 3.63) is 76.5 Å². The van der Waals surface area contributed by atoms with E-state index >= 15 is 0 Å². The Morgan fingerprint density at radius 3 is 2.57 bits per heavy atom. The van der Waals surface area contributed by atoms with Crippen LogP contribution >= 0.6 is 11.3 Å². The predicted octanol–water partition coefficient (Wildman–Crippen LogP) is 4.31. The average molecular weight is 445 g/mol. The zero-order valence-corrected chi connectivity index (χ0v) is 18.4. The number of benzene rings is 2. The Kier molecular flexibility index (Phi) is 7.12. The van der Waals surface area contributed by atoms with Crippen LogP contribution in [0.4, 0.5) is 5.69 Å². The SMILES string of the molecule is CCOc1ccc(NS(=O)(=O)c2cccc(C(=O)NC(C)Cc3ccsc3)c2)cc1. The molecular formula is C22H24N2O4S2. The van der Waals surface area contributed by atoms with E-state index in [1.54, 1.807) is 47.7 Å². The second-order valence-electron chi connectivity index (χ2n) is 6.80. The van der Waals surface area contributed by atoms with E-state index in [0.717, 1.165) is 5.56 Å². The Balaban J connectivity index is 1.69. The van der Waals surface area contributed by atoms with Gasteiger partial charge in [0.1, 0.15) is 5.75 Å². The number of anilines is 1. The van der Waals surface area contributed by atoms with Crippen molar-refractivity contribution < 1.29 is 17.9 Å². The van der Waals surface area contributed by atoms with Crippen LogP contribution in [-0.2, 0) is 16.4 Å². The Hall–Kier alpha value is -2.84. The molecule has 6 nitrogen and oxygen atoms in total. The number of nitrogens with one attached hydrogen (secondary N) is 2. The molecule has 1 atom stereocenters. The maximum atomic E-state index is 12.7. The fourth-order valence-electron chi connectivity index (χ4n) is 2.92. The summed E-state index contributed by atoms with van der Waals surface area (Å²) in [6.07, 6.45) is 0.715. The lowest BCUT2D eigenvalue weighted by Gasteiger charge is -2.14. The van der Waals surface area contributed by atoms with E-state index in [0.29, 0.717) is 30.0 Å². The van der Waals surface area contributed by atoms with Crippen molar-refractivity contribution in [3.63, 3.8) is 0 Å². The monoisotopic (exact) mass is 444 g/mol. The summed E-state index contributed by atoms with van der Waals surface area (Å²) in [6, 6.07) is 14.6. The maximum absolute atomic E-state index is 12.7. The van der Waals surface area contributed by atoms with Crippen molar-refractivity contribution in [3.8, 4) is 5.75 Å². The van der Waals surface area contributed by atoms with Crippen molar-refractivity contribution in [2.24, 2.45) is 0 Å². The van der Waals surface area contributed by atoms with Gasteiger partial charge in [-0.05, 0) is 85.1 Å². The molecule has 2 aromatic carbocycles. The summed E-state index contributed by atoms with van der Waals surface area (Å²) in [6.45, 7) is 4.33. The standard InChI is InChI=1S/C22H24N2O4S2/c1-3-28-20-9-7-19(8-10-20)24-30(26,27)21-6-4-5-18(14-21)22(25)23-16(2)13-17-11-12-29-15-17/h4-12,14-16,24H,3,13H2,1-2H3,(H,23,25). The van der Waals surface area contributed by atoms with Crippen LogP contribution in [-0.4, -0.2) is 27.0 Å². The van der Waals surface area contributed by atoms with Crippen LogP contribution in [0.2, 0.25) is 0 Å². The Labute approximate surface area is 181 Å². The first-order valence-electron chi connectivity index (χ1n) is 9.55. The number of thiophene rings is 1. The summed E-state index contributed by atoms with van der Waals surface area (Å²) in [4.78, 5) is 12.6. The Morgan fingerprint density at radius 1 is 1.13 bits per heavy atom. The van der Waals surface area contributed by atoms with Gasteiger partial charge in [-0.15, -0.1) is 0 Å². The molecular weight excluding hydrogens is 420 g/mol. The lowest BCUT2D eigenvalue weighted by atomic mass is 10.1. The molecule has 1 amide bonds. The first kappa shape index (κ1) is 21.9. The number of carbonyl (C=O) groups is 1. The molecule has 0 radical (unpaired) electrons. The van der Waals surface area contributed by atoms with Gasteiger partial charge in [0, 0.05) is 17.3 Å². The second-order valence-corrected chi connectivity index (χ2v) is 9.26. The van der Waals surface area contributed by atoms with Crippen molar-refractivity contribution in [1.29, 1.82) is 0 Å². The predicted molar refractivity (Wildman–Crippen MR) is 120 cm³/mol. The molecule has 1 unspecified atom stereocenters. The minimum atomic E-state index is -3.83. The van der Waals surface area contributed by atoms with E-state index in [1.165, 1.54) is 12.1 Å². The third-order valence-electron chi connectivity index (χ3n) is 4.32. The minimum Gasteiger partial charge on any atom is -0.494 e. The van der Waals surface area contributed by atoms with Crippen LogP contribution in [0.15, 0.2) is 70.3 Å². The van der Waals surface area contributed by atoms with Gasteiger partial charge in [0.15, 0.2) is 0 Å². The van der Waals surface area contributed by atoms with Gasteiger partial charge < -0.3 is 10.1 Å². The van der Waals surface area contributed by atoms with Crippen LogP contribution in [0.3, 0.4) is 0 Å². The summed E-state index contributed by atoms with van der Waals surface area (Å²) >= 11 is 1.61.